The van der Waals surface area contributed by atoms with Gasteiger partial charge in [0.15, 0.2) is 0 Å². The summed E-state index contributed by atoms with van der Waals surface area (Å²) in [5.41, 5.74) is 3.68. The van der Waals surface area contributed by atoms with Crippen molar-refractivity contribution >= 4 is 40.1 Å². The van der Waals surface area contributed by atoms with Crippen LogP contribution in [0.15, 0.2) is 71.3 Å². The van der Waals surface area contributed by atoms with Gasteiger partial charge in [0, 0.05) is 57.3 Å². The lowest BCUT2D eigenvalue weighted by Crippen LogP contribution is -2.41. The second-order valence-corrected chi connectivity index (χ2v) is 11.8. The number of pyridine rings is 1. The average molecular weight is 609 g/mol. The Hall–Kier alpha value is -2.90. The Morgan fingerprint density at radius 1 is 1.02 bits per heavy atom. The lowest BCUT2D eigenvalue weighted by atomic mass is 10.0. The molecule has 1 aliphatic rings. The maximum atomic E-state index is 13.6. The van der Waals surface area contributed by atoms with Crippen LogP contribution in [0.5, 0.6) is 0 Å². The Balaban J connectivity index is 1.12. The highest BCUT2D eigenvalue weighted by Crippen LogP contribution is 2.30. The monoisotopic (exact) mass is 607 g/mol. The van der Waals surface area contributed by atoms with Crippen LogP contribution in [0.3, 0.4) is 0 Å². The predicted octanol–water partition coefficient (Wildman–Crippen LogP) is 8.19. The molecule has 222 valence electrons. The number of carbonyl (C=O) groups excluding carboxylic acids is 1. The number of rotatable bonds is 13. The van der Waals surface area contributed by atoms with E-state index in [4.69, 9.17) is 32.4 Å². The summed E-state index contributed by atoms with van der Waals surface area (Å²) >= 11 is 12.4. The summed E-state index contributed by atoms with van der Waals surface area (Å²) in [5, 5.41) is 2.05. The molecule has 0 saturated carbocycles. The maximum absolute atomic E-state index is 13.6. The van der Waals surface area contributed by atoms with Gasteiger partial charge in [-0.3, -0.25) is 14.7 Å². The number of piperidine rings is 1. The summed E-state index contributed by atoms with van der Waals surface area (Å²) in [4.78, 5) is 22.5. The van der Waals surface area contributed by atoms with Crippen LogP contribution in [-0.4, -0.2) is 53.0 Å². The molecule has 4 aromatic rings. The number of fused-ring (bicyclic) bond motifs is 1. The van der Waals surface area contributed by atoms with Crippen molar-refractivity contribution < 1.29 is 13.9 Å². The van der Waals surface area contributed by atoms with E-state index >= 15 is 0 Å². The maximum Gasteiger partial charge on any atom is 0.258 e. The van der Waals surface area contributed by atoms with Crippen LogP contribution in [0, 0.1) is 0 Å². The number of aromatic nitrogens is 1. The molecule has 0 unspecified atom stereocenters. The highest BCUT2D eigenvalue weighted by atomic mass is 35.5. The minimum Gasteiger partial charge on any atom is -0.460 e. The van der Waals surface area contributed by atoms with Gasteiger partial charge in [-0.25, -0.2) is 0 Å². The molecule has 2 aromatic carbocycles. The van der Waals surface area contributed by atoms with E-state index in [0.29, 0.717) is 29.7 Å². The van der Waals surface area contributed by atoms with Crippen molar-refractivity contribution in [3.05, 3.63) is 99.5 Å². The number of likely N-dealkylation sites (tertiary alicyclic amines) is 1. The number of carbonyl (C=O) groups is 1. The van der Waals surface area contributed by atoms with E-state index in [9.17, 15) is 4.79 Å². The molecule has 1 fully saturated rings. The van der Waals surface area contributed by atoms with Crippen molar-refractivity contribution in [2.24, 2.45) is 0 Å². The molecule has 0 radical (unpaired) electrons. The molecule has 1 saturated heterocycles. The van der Waals surface area contributed by atoms with E-state index in [1.807, 2.05) is 71.8 Å². The van der Waals surface area contributed by atoms with Gasteiger partial charge in [-0.15, -0.1) is 0 Å². The number of furan rings is 1. The number of hydrogen-bond donors (Lipinski definition) is 0. The Bertz CT molecular complexity index is 1450. The molecule has 5 rings (SSSR count). The lowest BCUT2D eigenvalue weighted by Gasteiger charge is -2.32. The number of ether oxygens (including phenoxy) is 1. The molecule has 0 atom stereocenters. The quantitative estimate of drug-likeness (QED) is 0.143. The number of unbranched alkanes of at least 4 members (excludes halogenated alkanes) is 1. The lowest BCUT2D eigenvalue weighted by molar-refractivity contribution is 0.00491. The third-order valence-corrected chi connectivity index (χ3v) is 8.58. The van der Waals surface area contributed by atoms with E-state index < -0.39 is 0 Å². The van der Waals surface area contributed by atoms with Gasteiger partial charge in [0.25, 0.3) is 5.91 Å². The summed E-state index contributed by atoms with van der Waals surface area (Å²) in [7, 11) is 0. The van der Waals surface area contributed by atoms with Crippen LogP contribution in [0.25, 0.3) is 11.0 Å². The van der Waals surface area contributed by atoms with Crippen molar-refractivity contribution in [2.75, 3.05) is 26.2 Å². The Morgan fingerprint density at radius 2 is 1.83 bits per heavy atom. The third-order valence-electron chi connectivity index (χ3n) is 7.84. The van der Waals surface area contributed by atoms with Crippen LogP contribution < -0.4 is 0 Å². The summed E-state index contributed by atoms with van der Waals surface area (Å²) in [6, 6.07) is 19.7. The van der Waals surface area contributed by atoms with E-state index in [2.05, 4.69) is 16.8 Å². The fourth-order valence-electron chi connectivity index (χ4n) is 5.60. The molecular weight excluding hydrogens is 569 g/mol. The molecule has 1 amide bonds. The van der Waals surface area contributed by atoms with Crippen molar-refractivity contribution in [3.63, 3.8) is 0 Å². The van der Waals surface area contributed by atoms with E-state index in [1.54, 1.807) is 0 Å². The second-order valence-electron chi connectivity index (χ2n) is 11.0. The minimum absolute atomic E-state index is 0.0805. The summed E-state index contributed by atoms with van der Waals surface area (Å²) in [6.07, 6.45) is 7.41. The van der Waals surface area contributed by atoms with Gasteiger partial charge in [-0.05, 0) is 61.6 Å². The van der Waals surface area contributed by atoms with Crippen LogP contribution >= 0.6 is 23.2 Å². The largest absolute Gasteiger partial charge is 0.460 e. The van der Waals surface area contributed by atoms with Gasteiger partial charge in [-0.2, -0.15) is 0 Å². The molecule has 6 nitrogen and oxygen atoms in total. The van der Waals surface area contributed by atoms with E-state index in [-0.39, 0.29) is 12.0 Å². The smallest absolute Gasteiger partial charge is 0.258 e. The van der Waals surface area contributed by atoms with Gasteiger partial charge in [-0.1, -0.05) is 66.9 Å². The molecule has 0 N–H and O–H groups in total. The van der Waals surface area contributed by atoms with Gasteiger partial charge in [0.05, 0.1) is 27.4 Å². The average Bonchev–Trinajstić information content (AvgIpc) is 3.39. The van der Waals surface area contributed by atoms with Crippen LogP contribution in [0.4, 0.5) is 0 Å². The van der Waals surface area contributed by atoms with Crippen molar-refractivity contribution in [1.82, 2.24) is 14.8 Å². The summed E-state index contributed by atoms with van der Waals surface area (Å²) in [6.45, 7) is 6.57. The van der Waals surface area contributed by atoms with Gasteiger partial charge < -0.3 is 14.1 Å². The number of hydrogen-bond acceptors (Lipinski definition) is 5. The van der Waals surface area contributed by atoms with Gasteiger partial charge >= 0.3 is 0 Å². The number of amides is 1. The van der Waals surface area contributed by atoms with E-state index in [1.165, 1.54) is 0 Å². The first kappa shape index (κ1) is 30.6. The van der Waals surface area contributed by atoms with Crippen LogP contribution in [0.1, 0.15) is 66.4 Å². The number of nitrogens with zero attached hydrogens (tertiary/aromatic N) is 3. The van der Waals surface area contributed by atoms with Crippen molar-refractivity contribution in [3.8, 4) is 0 Å². The predicted molar refractivity (Wildman–Crippen MR) is 169 cm³/mol. The fourth-order valence-corrected chi connectivity index (χ4v) is 5.92. The van der Waals surface area contributed by atoms with Gasteiger partial charge in [0.2, 0.25) is 0 Å². The Morgan fingerprint density at radius 3 is 2.60 bits per heavy atom. The summed E-state index contributed by atoms with van der Waals surface area (Å²) in [5.74, 6) is 0.898. The molecular formula is C34H39Cl2N3O3. The van der Waals surface area contributed by atoms with Crippen LogP contribution in [-0.2, 0) is 24.2 Å². The number of halogens is 2. The Labute approximate surface area is 258 Å². The first-order valence-electron chi connectivity index (χ1n) is 15.0. The molecule has 0 spiro atoms. The standard InChI is InChI=1S/C34H39Cl2N3O3/c1-2-3-11-32-33(28-10-4-5-12-31(28)42-32)34(40)39-19-15-27(16-20-39)41-21-8-18-38(24-26-9-6-7-17-37-26)23-25-13-14-29(35)30(36)22-25/h4-7,9-10,12-14,17,22,27H,2-3,8,11,15-16,18-21,23-24H2,1H3. The van der Waals surface area contributed by atoms with Crippen molar-refractivity contribution in [2.45, 2.75) is 64.6 Å². The van der Waals surface area contributed by atoms with E-state index in [0.717, 1.165) is 91.7 Å². The zero-order valence-corrected chi connectivity index (χ0v) is 25.7. The first-order valence-corrected chi connectivity index (χ1v) is 15.7. The fraction of sp³-hybridized carbons (Fsp3) is 0.412. The first-order chi connectivity index (χ1) is 20.5. The molecule has 2 aromatic heterocycles. The molecule has 0 aliphatic carbocycles. The SMILES string of the molecule is CCCCc1oc2ccccc2c1C(=O)N1CCC(OCCCN(Cc2ccc(Cl)c(Cl)c2)Cc2ccccn2)CC1. The van der Waals surface area contributed by atoms with Crippen molar-refractivity contribution in [1.29, 1.82) is 0 Å². The number of para-hydroxylation sites is 1. The normalized spacial score (nSPS) is 14.2. The number of aryl methyl sites for hydroxylation is 1. The number of benzene rings is 2. The Kier molecular flexibility index (Phi) is 10.9. The molecule has 1 aliphatic heterocycles. The second kappa shape index (κ2) is 15.0. The molecule has 0 bridgehead atoms. The highest BCUT2D eigenvalue weighted by Gasteiger charge is 2.28. The van der Waals surface area contributed by atoms with Gasteiger partial charge in [0.1, 0.15) is 11.3 Å². The molecule has 42 heavy (non-hydrogen) atoms. The molecule has 8 heteroatoms. The zero-order chi connectivity index (χ0) is 29.3. The minimum atomic E-state index is 0.0805. The third kappa shape index (κ3) is 7.93. The highest BCUT2D eigenvalue weighted by molar-refractivity contribution is 6.42. The topological polar surface area (TPSA) is 58.8 Å². The zero-order valence-electron chi connectivity index (χ0n) is 24.2. The van der Waals surface area contributed by atoms with Crippen LogP contribution in [0.2, 0.25) is 10.0 Å². The molecule has 3 heterocycles. The summed E-state index contributed by atoms with van der Waals surface area (Å²) < 4.78 is 12.4.